The fourth-order valence-electron chi connectivity index (χ4n) is 2.67. The topological polar surface area (TPSA) is 44.8 Å². The molecule has 1 aliphatic heterocycles. The van der Waals surface area contributed by atoms with Gasteiger partial charge >= 0.3 is 13.1 Å². The number of aryl methyl sites for hydroxylation is 1. The summed E-state index contributed by atoms with van der Waals surface area (Å²) >= 11 is 0. The monoisotopic (exact) mass is 304 g/mol. The maximum atomic E-state index is 11.9. The molecule has 1 heterocycles. The Morgan fingerprint density at radius 1 is 1.18 bits per heavy atom. The first kappa shape index (κ1) is 17.0. The zero-order valence-corrected chi connectivity index (χ0v) is 14.3. The molecule has 0 amide bonds. The lowest BCUT2D eigenvalue weighted by Gasteiger charge is -2.32. The van der Waals surface area contributed by atoms with Crippen molar-refractivity contribution >= 4 is 13.1 Å². The summed E-state index contributed by atoms with van der Waals surface area (Å²) in [6.07, 6.45) is 0.234. The van der Waals surface area contributed by atoms with Crippen molar-refractivity contribution < 1.29 is 18.8 Å². The number of benzene rings is 1. The summed E-state index contributed by atoms with van der Waals surface area (Å²) in [5, 5.41) is 0. The highest BCUT2D eigenvalue weighted by Gasteiger charge is 2.54. The van der Waals surface area contributed by atoms with Gasteiger partial charge in [0.25, 0.3) is 0 Å². The summed E-state index contributed by atoms with van der Waals surface area (Å²) in [6, 6.07) is 8.01. The van der Waals surface area contributed by atoms with Gasteiger partial charge in [0.05, 0.1) is 24.7 Å². The highest BCUT2D eigenvalue weighted by atomic mass is 16.7. The van der Waals surface area contributed by atoms with Crippen LogP contribution in [0.25, 0.3) is 0 Å². The SMILES string of the molecule is COC(=O)CC(B1OC(C)(C)C(C)(C)O1)c1ccccc1C. The Morgan fingerprint density at radius 2 is 1.73 bits per heavy atom. The molecule has 1 unspecified atom stereocenters. The van der Waals surface area contributed by atoms with Gasteiger partial charge in [-0.15, -0.1) is 0 Å². The molecular weight excluding hydrogens is 279 g/mol. The first-order valence-corrected chi connectivity index (χ1v) is 7.66. The van der Waals surface area contributed by atoms with E-state index in [9.17, 15) is 4.79 Å². The fraction of sp³-hybridized carbons (Fsp3) is 0.588. The van der Waals surface area contributed by atoms with Crippen LogP contribution >= 0.6 is 0 Å². The van der Waals surface area contributed by atoms with Crippen LogP contribution in [0.1, 0.15) is 51.1 Å². The third-order valence-electron chi connectivity index (χ3n) is 4.80. The smallest absolute Gasteiger partial charge is 0.466 e. The molecule has 1 saturated heterocycles. The molecule has 1 atom stereocenters. The Kier molecular flexibility index (Phi) is 4.69. The number of carbonyl (C=O) groups excluding carboxylic acids is 1. The van der Waals surface area contributed by atoms with Gasteiger partial charge in [-0.25, -0.2) is 0 Å². The average Bonchev–Trinajstić information content (AvgIpc) is 2.65. The molecule has 1 aliphatic rings. The van der Waals surface area contributed by atoms with Crippen LogP contribution < -0.4 is 0 Å². The number of carbonyl (C=O) groups is 1. The van der Waals surface area contributed by atoms with Crippen molar-refractivity contribution in [2.45, 2.75) is 58.1 Å². The largest absolute Gasteiger partial charge is 0.469 e. The van der Waals surface area contributed by atoms with Crippen LogP contribution in [0.2, 0.25) is 0 Å². The van der Waals surface area contributed by atoms with Crippen LogP contribution in [0.5, 0.6) is 0 Å². The number of methoxy groups -OCH3 is 1. The summed E-state index contributed by atoms with van der Waals surface area (Å²) < 4.78 is 17.2. The molecule has 0 saturated carbocycles. The van der Waals surface area contributed by atoms with Gasteiger partial charge in [-0.05, 0) is 45.7 Å². The lowest BCUT2D eigenvalue weighted by atomic mass is 9.65. The third-order valence-corrected chi connectivity index (χ3v) is 4.80. The van der Waals surface area contributed by atoms with Gasteiger partial charge in [0.2, 0.25) is 0 Å². The van der Waals surface area contributed by atoms with E-state index in [0.717, 1.165) is 11.1 Å². The van der Waals surface area contributed by atoms with E-state index in [1.807, 2.05) is 58.9 Å². The van der Waals surface area contributed by atoms with Gasteiger partial charge in [-0.3, -0.25) is 4.79 Å². The van der Waals surface area contributed by atoms with Crippen molar-refractivity contribution in [3.05, 3.63) is 35.4 Å². The molecule has 0 spiro atoms. The van der Waals surface area contributed by atoms with Gasteiger partial charge in [0.1, 0.15) is 0 Å². The van der Waals surface area contributed by atoms with E-state index in [2.05, 4.69) is 0 Å². The van der Waals surface area contributed by atoms with E-state index in [1.165, 1.54) is 7.11 Å². The summed E-state index contributed by atoms with van der Waals surface area (Å²) in [4.78, 5) is 11.9. The predicted molar refractivity (Wildman–Crippen MR) is 86.6 cm³/mol. The van der Waals surface area contributed by atoms with E-state index in [4.69, 9.17) is 14.0 Å². The van der Waals surface area contributed by atoms with Crippen LogP contribution in [0.15, 0.2) is 24.3 Å². The minimum Gasteiger partial charge on any atom is -0.469 e. The van der Waals surface area contributed by atoms with Crippen LogP contribution in [0.3, 0.4) is 0 Å². The van der Waals surface area contributed by atoms with E-state index in [1.54, 1.807) is 0 Å². The summed E-state index contributed by atoms with van der Waals surface area (Å²) in [5.74, 6) is -0.447. The second-order valence-corrected chi connectivity index (χ2v) is 6.87. The molecule has 0 bridgehead atoms. The number of hydrogen-bond acceptors (Lipinski definition) is 4. The highest BCUT2D eigenvalue weighted by molar-refractivity contribution is 6.48. The molecule has 2 rings (SSSR count). The Labute approximate surface area is 133 Å². The van der Waals surface area contributed by atoms with Crippen LogP contribution in [-0.4, -0.2) is 31.4 Å². The number of hydrogen-bond donors (Lipinski definition) is 0. The van der Waals surface area contributed by atoms with Gasteiger partial charge in [0, 0.05) is 5.82 Å². The molecule has 4 nitrogen and oxygen atoms in total. The molecular formula is C17H25BO4. The maximum Gasteiger partial charge on any atom is 0.466 e. The van der Waals surface area contributed by atoms with Crippen molar-refractivity contribution in [3.63, 3.8) is 0 Å². The Balaban J connectivity index is 2.35. The van der Waals surface area contributed by atoms with E-state index in [0.29, 0.717) is 0 Å². The molecule has 0 radical (unpaired) electrons. The first-order valence-electron chi connectivity index (χ1n) is 7.66. The van der Waals surface area contributed by atoms with E-state index >= 15 is 0 Å². The molecule has 0 N–H and O–H groups in total. The van der Waals surface area contributed by atoms with Crippen molar-refractivity contribution in [1.82, 2.24) is 0 Å². The normalized spacial score (nSPS) is 20.7. The fourth-order valence-corrected chi connectivity index (χ4v) is 2.67. The van der Waals surface area contributed by atoms with Gasteiger partial charge < -0.3 is 14.0 Å². The van der Waals surface area contributed by atoms with Crippen molar-refractivity contribution in [2.75, 3.05) is 7.11 Å². The molecule has 5 heteroatoms. The zero-order valence-electron chi connectivity index (χ0n) is 14.3. The van der Waals surface area contributed by atoms with Crippen molar-refractivity contribution in [1.29, 1.82) is 0 Å². The Hall–Kier alpha value is -1.33. The standard InChI is InChI=1S/C17H25BO4/c1-12-9-7-8-10-13(12)14(11-15(19)20-6)18-21-16(2,3)17(4,5)22-18/h7-10,14H,11H2,1-6H3. The second kappa shape index (κ2) is 6.05. The Bertz CT molecular complexity index is 537. The molecule has 1 aromatic rings. The third kappa shape index (κ3) is 3.20. The molecule has 0 aliphatic carbocycles. The van der Waals surface area contributed by atoms with E-state index < -0.39 is 18.3 Å². The molecule has 1 fully saturated rings. The van der Waals surface area contributed by atoms with Gasteiger partial charge in [-0.2, -0.15) is 0 Å². The second-order valence-electron chi connectivity index (χ2n) is 6.87. The van der Waals surface area contributed by atoms with Gasteiger partial charge in [-0.1, -0.05) is 24.3 Å². The summed E-state index contributed by atoms with van der Waals surface area (Å²) in [6.45, 7) is 10.1. The zero-order chi connectivity index (χ0) is 16.5. The lowest BCUT2D eigenvalue weighted by Crippen LogP contribution is -2.41. The number of rotatable bonds is 4. The van der Waals surface area contributed by atoms with E-state index in [-0.39, 0.29) is 18.2 Å². The predicted octanol–water partition coefficient (Wildman–Crippen LogP) is 3.27. The molecule has 1 aromatic carbocycles. The van der Waals surface area contributed by atoms with Crippen LogP contribution in [-0.2, 0) is 18.8 Å². The number of ether oxygens (including phenoxy) is 1. The average molecular weight is 304 g/mol. The van der Waals surface area contributed by atoms with Gasteiger partial charge in [0.15, 0.2) is 0 Å². The molecule has 120 valence electrons. The molecule has 22 heavy (non-hydrogen) atoms. The van der Waals surface area contributed by atoms with Crippen molar-refractivity contribution in [3.8, 4) is 0 Å². The molecule has 0 aromatic heterocycles. The van der Waals surface area contributed by atoms with Crippen LogP contribution in [0.4, 0.5) is 0 Å². The Morgan fingerprint density at radius 3 is 2.23 bits per heavy atom. The summed E-state index contributed by atoms with van der Waals surface area (Å²) in [5.41, 5.74) is 1.33. The minimum absolute atomic E-state index is 0.185. The minimum atomic E-state index is -0.467. The summed E-state index contributed by atoms with van der Waals surface area (Å²) in [7, 11) is 0.937. The first-order chi connectivity index (χ1) is 10.2. The number of esters is 1. The quantitative estimate of drug-likeness (QED) is 0.632. The highest BCUT2D eigenvalue weighted by Crippen LogP contribution is 2.42. The van der Waals surface area contributed by atoms with Crippen molar-refractivity contribution in [2.24, 2.45) is 0 Å². The maximum absolute atomic E-state index is 11.9. The van der Waals surface area contributed by atoms with Crippen LogP contribution in [0, 0.1) is 6.92 Å². The lowest BCUT2D eigenvalue weighted by molar-refractivity contribution is -0.140.